The first-order valence-corrected chi connectivity index (χ1v) is 0.454. The van der Waals surface area contributed by atoms with Crippen molar-refractivity contribution in [1.29, 1.82) is 0 Å². The average Bonchev–Trinajstić information content (AvgIpc) is 0.918. The maximum absolute atomic E-state index is 9.61. The van der Waals surface area contributed by atoms with Crippen molar-refractivity contribution in [1.82, 2.24) is 0 Å². The molecular weight excluding hydrogens is 75.1 g/mol. The van der Waals surface area contributed by atoms with E-state index >= 15 is 0 Å². The Hall–Kier alpha value is -0.183. The lowest BCUT2D eigenvalue weighted by Gasteiger charge is -1.21. The average molecular weight is 76.1 g/mol. The molecule has 0 saturated heterocycles. The number of halogens is 1. The molecular formula is CHFOSi. The molecule has 22 valence electrons. The third kappa shape index (κ3) is 36.2. The number of carbonyl (C=O) groups excluding carboxylic acids is 1. The Kier molecular flexibility index (Phi) is 32.0. The van der Waals surface area contributed by atoms with E-state index in [9.17, 15) is 4.39 Å². The summed E-state index contributed by atoms with van der Waals surface area (Å²) in [6.07, 6.45) is 0. The van der Waals surface area contributed by atoms with Crippen molar-refractivity contribution in [2.75, 3.05) is 0 Å². The SMILES string of the molecule is O=CF.[Si]. The van der Waals surface area contributed by atoms with Gasteiger partial charge in [-0.2, -0.15) is 4.39 Å². The predicted molar refractivity (Wildman–Crippen MR) is 13.6 cm³/mol. The van der Waals surface area contributed by atoms with Gasteiger partial charge < -0.3 is 0 Å². The van der Waals surface area contributed by atoms with E-state index < -0.39 is 6.54 Å². The van der Waals surface area contributed by atoms with Crippen molar-refractivity contribution in [3.05, 3.63) is 0 Å². The van der Waals surface area contributed by atoms with Crippen molar-refractivity contribution in [3.63, 3.8) is 0 Å². The molecule has 0 aromatic rings. The van der Waals surface area contributed by atoms with Crippen molar-refractivity contribution < 1.29 is 9.18 Å². The van der Waals surface area contributed by atoms with Crippen molar-refractivity contribution in [2.45, 2.75) is 0 Å². The first-order chi connectivity index (χ1) is 1.41. The predicted octanol–water partition coefficient (Wildman–Crippen LogP) is -0.235. The lowest BCUT2D eigenvalue weighted by Crippen LogP contribution is -1.29. The van der Waals surface area contributed by atoms with Gasteiger partial charge in [-0.3, -0.25) is 4.79 Å². The molecule has 0 spiro atoms. The summed E-state index contributed by atoms with van der Waals surface area (Å²) in [5.74, 6) is 0. The minimum Gasteiger partial charge on any atom is -0.265 e. The highest BCUT2D eigenvalue weighted by Gasteiger charge is 1.29. The van der Waals surface area contributed by atoms with Crippen LogP contribution in [0.2, 0.25) is 0 Å². The van der Waals surface area contributed by atoms with Gasteiger partial charge >= 0.3 is 0 Å². The molecule has 0 heterocycles. The monoisotopic (exact) mass is 76.0 g/mol. The van der Waals surface area contributed by atoms with Crippen LogP contribution in [0.3, 0.4) is 0 Å². The molecule has 0 aliphatic carbocycles. The van der Waals surface area contributed by atoms with E-state index in [1.807, 2.05) is 0 Å². The lowest BCUT2D eigenvalue weighted by atomic mass is 11.8. The number of rotatable bonds is 0. The fourth-order valence-electron chi connectivity index (χ4n) is 0. The van der Waals surface area contributed by atoms with Gasteiger partial charge in [-0.15, -0.1) is 0 Å². The summed E-state index contributed by atoms with van der Waals surface area (Å²) in [4.78, 5) is 8.14. The van der Waals surface area contributed by atoms with Crippen LogP contribution in [0.1, 0.15) is 0 Å². The van der Waals surface area contributed by atoms with E-state index in [2.05, 4.69) is 0 Å². The Labute approximate surface area is 27.8 Å². The Bertz CT molecular complexity index is 15.5. The minimum atomic E-state index is -0.750. The second-order valence-electron chi connectivity index (χ2n) is 0.0891. The molecule has 0 N–H and O–H groups in total. The summed E-state index contributed by atoms with van der Waals surface area (Å²) in [5.41, 5.74) is 0. The van der Waals surface area contributed by atoms with Crippen LogP contribution < -0.4 is 0 Å². The zero-order valence-electron chi connectivity index (χ0n) is 1.86. The summed E-state index contributed by atoms with van der Waals surface area (Å²) < 4.78 is 9.61. The largest absolute Gasteiger partial charge is 0.289 e. The minimum absolute atomic E-state index is 0. The van der Waals surface area contributed by atoms with Gasteiger partial charge in [-0.1, -0.05) is 0 Å². The summed E-state index contributed by atoms with van der Waals surface area (Å²) in [7, 11) is 0. The Morgan fingerprint density at radius 1 is 1.75 bits per heavy atom. The van der Waals surface area contributed by atoms with Crippen LogP contribution in [0, 0.1) is 0 Å². The molecule has 0 fully saturated rings. The van der Waals surface area contributed by atoms with Crippen LogP contribution in [0.15, 0.2) is 0 Å². The Morgan fingerprint density at radius 2 is 1.75 bits per heavy atom. The highest BCUT2D eigenvalue weighted by Crippen LogP contribution is 1.27. The van der Waals surface area contributed by atoms with Crippen LogP contribution in [0.4, 0.5) is 4.39 Å². The van der Waals surface area contributed by atoms with Crippen LogP contribution >= 0.6 is 0 Å². The molecule has 0 bridgehead atoms. The lowest BCUT2D eigenvalue weighted by molar-refractivity contribution is 0.510. The van der Waals surface area contributed by atoms with Gasteiger partial charge in [0.2, 0.25) is 0 Å². The van der Waals surface area contributed by atoms with E-state index in [4.69, 9.17) is 4.79 Å². The van der Waals surface area contributed by atoms with E-state index in [0.717, 1.165) is 0 Å². The number of carbonyl (C=O) groups is 1. The van der Waals surface area contributed by atoms with Crippen LogP contribution in [-0.2, 0) is 4.79 Å². The topological polar surface area (TPSA) is 17.1 Å². The van der Waals surface area contributed by atoms with E-state index in [-0.39, 0.29) is 11.0 Å². The maximum Gasteiger partial charge on any atom is 0.289 e. The molecule has 0 aliphatic heterocycles. The van der Waals surface area contributed by atoms with Crippen LogP contribution in [0.25, 0.3) is 0 Å². The third-order valence-electron chi connectivity index (χ3n) is 0. The molecule has 0 aliphatic rings. The normalized spacial score (nSPS) is 3.25. The molecule has 1 nitrogen and oxygen atoms in total. The molecule has 0 saturated carbocycles. The first kappa shape index (κ1) is 9.17. The summed E-state index contributed by atoms with van der Waals surface area (Å²) in [6.45, 7) is -0.750. The van der Waals surface area contributed by atoms with Crippen molar-refractivity contribution in [3.8, 4) is 0 Å². The van der Waals surface area contributed by atoms with Gasteiger partial charge in [0.15, 0.2) is 0 Å². The molecule has 3 heteroatoms. The second kappa shape index (κ2) is 13.9. The molecule has 0 atom stereocenters. The van der Waals surface area contributed by atoms with Gasteiger partial charge in [-0.25, -0.2) is 0 Å². The van der Waals surface area contributed by atoms with Gasteiger partial charge in [0, 0.05) is 11.0 Å². The molecule has 4 radical (unpaired) electrons. The van der Waals surface area contributed by atoms with Gasteiger partial charge in [0.25, 0.3) is 6.54 Å². The second-order valence-corrected chi connectivity index (χ2v) is 0.0891. The van der Waals surface area contributed by atoms with E-state index in [1.54, 1.807) is 0 Å². The molecule has 0 aromatic carbocycles. The fourth-order valence-corrected chi connectivity index (χ4v) is 0. The number of hydrogen-bond acceptors (Lipinski definition) is 1. The third-order valence-corrected chi connectivity index (χ3v) is 0. The quantitative estimate of drug-likeness (QED) is 0.221. The van der Waals surface area contributed by atoms with E-state index in [0.29, 0.717) is 0 Å². The van der Waals surface area contributed by atoms with Gasteiger partial charge in [0.05, 0.1) is 0 Å². The van der Waals surface area contributed by atoms with E-state index in [1.165, 1.54) is 0 Å². The van der Waals surface area contributed by atoms with Crippen molar-refractivity contribution in [2.24, 2.45) is 0 Å². The highest BCUT2D eigenvalue weighted by molar-refractivity contribution is 5.75. The summed E-state index contributed by atoms with van der Waals surface area (Å²) in [6, 6.07) is 0. The zero-order valence-corrected chi connectivity index (χ0v) is 2.86. The van der Waals surface area contributed by atoms with Crippen molar-refractivity contribution >= 4 is 17.5 Å². The smallest absolute Gasteiger partial charge is 0.265 e. The molecule has 0 rings (SSSR count). The van der Waals surface area contributed by atoms with Gasteiger partial charge in [-0.05, 0) is 0 Å². The molecule has 4 heavy (non-hydrogen) atoms. The number of hydrogen-bond donors (Lipinski definition) is 0. The standard InChI is InChI=1S/CHFO.Si/c2-1-3;/h1H;. The zero-order chi connectivity index (χ0) is 2.71. The maximum atomic E-state index is 9.61. The van der Waals surface area contributed by atoms with Crippen LogP contribution in [-0.4, -0.2) is 17.5 Å². The summed E-state index contributed by atoms with van der Waals surface area (Å²) in [5, 5.41) is 0. The summed E-state index contributed by atoms with van der Waals surface area (Å²) >= 11 is 0. The van der Waals surface area contributed by atoms with Crippen LogP contribution in [0.5, 0.6) is 0 Å². The highest BCUT2D eigenvalue weighted by atomic mass is 28.1. The molecule has 0 aromatic heterocycles. The van der Waals surface area contributed by atoms with Gasteiger partial charge in [0.1, 0.15) is 0 Å². The first-order valence-electron chi connectivity index (χ1n) is 0.454. The molecule has 0 amide bonds. The Balaban J connectivity index is 0. The molecule has 0 unspecified atom stereocenters. The Morgan fingerprint density at radius 3 is 1.75 bits per heavy atom. The fraction of sp³-hybridized carbons (Fsp3) is 0.